The number of rotatable bonds is 6. The van der Waals surface area contributed by atoms with Gasteiger partial charge in [0.15, 0.2) is 0 Å². The minimum Gasteiger partial charge on any atom is -0.393 e. The van der Waals surface area contributed by atoms with Gasteiger partial charge in [-0.15, -0.1) is 0 Å². The van der Waals surface area contributed by atoms with Crippen molar-refractivity contribution in [2.24, 2.45) is 5.92 Å². The highest BCUT2D eigenvalue weighted by molar-refractivity contribution is 4.80. The average molecular weight is 215 g/mol. The summed E-state index contributed by atoms with van der Waals surface area (Å²) >= 11 is 0. The number of methoxy groups -OCH3 is 1. The van der Waals surface area contributed by atoms with Gasteiger partial charge < -0.3 is 9.84 Å². The maximum atomic E-state index is 9.79. The summed E-state index contributed by atoms with van der Waals surface area (Å²) in [7, 11) is 1.74. The fourth-order valence-corrected chi connectivity index (χ4v) is 2.30. The summed E-state index contributed by atoms with van der Waals surface area (Å²) in [5.74, 6) is 0.476. The molecule has 1 aliphatic rings. The molecule has 0 saturated heterocycles. The maximum absolute atomic E-state index is 9.79. The van der Waals surface area contributed by atoms with E-state index < -0.39 is 0 Å². The fraction of sp³-hybridized carbons (Fsp3) is 1.00. The molecule has 2 unspecified atom stereocenters. The van der Waals surface area contributed by atoms with Crippen LogP contribution in [0.1, 0.15) is 33.1 Å². The first-order chi connectivity index (χ1) is 7.15. The van der Waals surface area contributed by atoms with Crippen molar-refractivity contribution in [3.8, 4) is 0 Å². The second kappa shape index (κ2) is 6.46. The molecule has 1 rings (SSSR count). The van der Waals surface area contributed by atoms with Gasteiger partial charge in [-0.05, 0) is 32.6 Å². The number of nitrogens with zero attached hydrogens (tertiary/aromatic N) is 1. The molecule has 90 valence electrons. The van der Waals surface area contributed by atoms with Gasteiger partial charge in [0.25, 0.3) is 0 Å². The zero-order valence-electron chi connectivity index (χ0n) is 10.3. The molecule has 1 aliphatic carbocycles. The number of aliphatic hydroxyl groups excluding tert-OH is 1. The van der Waals surface area contributed by atoms with E-state index in [0.717, 1.165) is 26.1 Å². The van der Waals surface area contributed by atoms with Crippen molar-refractivity contribution < 1.29 is 9.84 Å². The van der Waals surface area contributed by atoms with Crippen molar-refractivity contribution in [1.82, 2.24) is 4.90 Å². The number of ether oxygens (including phenoxy) is 1. The largest absolute Gasteiger partial charge is 0.393 e. The molecule has 0 bridgehead atoms. The molecule has 1 fully saturated rings. The summed E-state index contributed by atoms with van der Waals surface area (Å²) in [5.41, 5.74) is 0. The SMILES string of the molecule is COCCN(CC1CCCC1O)C(C)C. The highest BCUT2D eigenvalue weighted by Gasteiger charge is 2.27. The molecule has 0 aromatic carbocycles. The summed E-state index contributed by atoms with van der Waals surface area (Å²) in [6.07, 6.45) is 3.27. The molecule has 0 aliphatic heterocycles. The molecule has 3 heteroatoms. The highest BCUT2D eigenvalue weighted by Crippen LogP contribution is 2.26. The van der Waals surface area contributed by atoms with Crippen molar-refractivity contribution in [3.05, 3.63) is 0 Å². The van der Waals surface area contributed by atoms with Crippen LogP contribution >= 0.6 is 0 Å². The molecular formula is C12H25NO2. The highest BCUT2D eigenvalue weighted by atomic mass is 16.5. The number of hydrogen-bond acceptors (Lipinski definition) is 3. The maximum Gasteiger partial charge on any atom is 0.0589 e. The Hall–Kier alpha value is -0.120. The van der Waals surface area contributed by atoms with Gasteiger partial charge in [0.2, 0.25) is 0 Å². The lowest BCUT2D eigenvalue weighted by Crippen LogP contribution is -2.39. The average Bonchev–Trinajstić information content (AvgIpc) is 2.58. The smallest absolute Gasteiger partial charge is 0.0589 e. The first kappa shape index (κ1) is 12.9. The Balaban J connectivity index is 2.35. The molecule has 0 spiro atoms. The quantitative estimate of drug-likeness (QED) is 0.729. The molecule has 0 amide bonds. The predicted molar refractivity (Wildman–Crippen MR) is 61.9 cm³/mol. The van der Waals surface area contributed by atoms with Crippen LogP contribution in [0.4, 0.5) is 0 Å². The van der Waals surface area contributed by atoms with E-state index in [1.165, 1.54) is 12.8 Å². The van der Waals surface area contributed by atoms with Crippen LogP contribution in [0.25, 0.3) is 0 Å². The van der Waals surface area contributed by atoms with Gasteiger partial charge in [0.05, 0.1) is 12.7 Å². The molecule has 1 N–H and O–H groups in total. The first-order valence-corrected chi connectivity index (χ1v) is 6.06. The second-order valence-electron chi connectivity index (χ2n) is 4.84. The van der Waals surface area contributed by atoms with Crippen LogP contribution in [-0.2, 0) is 4.74 Å². The zero-order chi connectivity index (χ0) is 11.3. The van der Waals surface area contributed by atoms with Crippen LogP contribution in [-0.4, -0.2) is 49.0 Å². The minimum atomic E-state index is -0.0752. The Labute approximate surface area is 93.4 Å². The van der Waals surface area contributed by atoms with Crippen LogP contribution in [0.2, 0.25) is 0 Å². The van der Waals surface area contributed by atoms with E-state index in [2.05, 4.69) is 18.7 Å². The number of aliphatic hydroxyl groups is 1. The minimum absolute atomic E-state index is 0.0752. The van der Waals surface area contributed by atoms with E-state index in [4.69, 9.17) is 4.74 Å². The van der Waals surface area contributed by atoms with Crippen molar-refractivity contribution in [3.63, 3.8) is 0 Å². The van der Waals surface area contributed by atoms with Crippen molar-refractivity contribution in [1.29, 1.82) is 0 Å². The Morgan fingerprint density at radius 3 is 2.60 bits per heavy atom. The van der Waals surface area contributed by atoms with Crippen molar-refractivity contribution in [2.45, 2.75) is 45.3 Å². The van der Waals surface area contributed by atoms with E-state index >= 15 is 0 Å². The molecule has 3 nitrogen and oxygen atoms in total. The van der Waals surface area contributed by atoms with Crippen molar-refractivity contribution >= 4 is 0 Å². The van der Waals surface area contributed by atoms with Crippen LogP contribution in [0.5, 0.6) is 0 Å². The second-order valence-corrected chi connectivity index (χ2v) is 4.84. The van der Waals surface area contributed by atoms with Crippen LogP contribution in [0.3, 0.4) is 0 Å². The lowest BCUT2D eigenvalue weighted by molar-refractivity contribution is 0.0736. The lowest BCUT2D eigenvalue weighted by Gasteiger charge is -2.30. The van der Waals surface area contributed by atoms with Gasteiger partial charge in [-0.3, -0.25) is 4.90 Å². The van der Waals surface area contributed by atoms with Gasteiger partial charge >= 0.3 is 0 Å². The normalized spacial score (nSPS) is 26.8. The van der Waals surface area contributed by atoms with Gasteiger partial charge in [0, 0.05) is 26.2 Å². The molecular weight excluding hydrogens is 190 g/mol. The molecule has 0 aromatic heterocycles. The molecule has 2 atom stereocenters. The lowest BCUT2D eigenvalue weighted by atomic mass is 10.0. The van der Waals surface area contributed by atoms with Gasteiger partial charge in [-0.25, -0.2) is 0 Å². The topological polar surface area (TPSA) is 32.7 Å². The Bertz CT molecular complexity index is 173. The van der Waals surface area contributed by atoms with E-state index in [1.807, 2.05) is 0 Å². The molecule has 15 heavy (non-hydrogen) atoms. The van der Waals surface area contributed by atoms with Crippen LogP contribution in [0.15, 0.2) is 0 Å². The summed E-state index contributed by atoms with van der Waals surface area (Å²) in [6.45, 7) is 7.18. The van der Waals surface area contributed by atoms with E-state index in [0.29, 0.717) is 12.0 Å². The van der Waals surface area contributed by atoms with Crippen LogP contribution in [0, 0.1) is 5.92 Å². The van der Waals surface area contributed by atoms with E-state index in [1.54, 1.807) is 7.11 Å². The Kier molecular flexibility index (Phi) is 5.58. The third kappa shape index (κ3) is 4.09. The predicted octanol–water partition coefficient (Wildman–Crippen LogP) is 1.50. The zero-order valence-corrected chi connectivity index (χ0v) is 10.3. The first-order valence-electron chi connectivity index (χ1n) is 6.06. The summed E-state index contributed by atoms with van der Waals surface area (Å²) in [4.78, 5) is 2.41. The van der Waals surface area contributed by atoms with Gasteiger partial charge in [-0.1, -0.05) is 6.42 Å². The standard InChI is InChI=1S/C12H25NO2/c1-10(2)13(7-8-15-3)9-11-5-4-6-12(11)14/h10-12,14H,4-9H2,1-3H3. The molecule has 1 saturated carbocycles. The monoisotopic (exact) mass is 215 g/mol. The Morgan fingerprint density at radius 2 is 2.13 bits per heavy atom. The third-order valence-corrected chi connectivity index (χ3v) is 3.40. The summed E-state index contributed by atoms with van der Waals surface area (Å²) in [6, 6.07) is 0.535. The third-order valence-electron chi connectivity index (χ3n) is 3.40. The summed E-state index contributed by atoms with van der Waals surface area (Å²) < 4.78 is 5.11. The van der Waals surface area contributed by atoms with E-state index in [-0.39, 0.29) is 6.10 Å². The van der Waals surface area contributed by atoms with Crippen molar-refractivity contribution in [2.75, 3.05) is 26.8 Å². The Morgan fingerprint density at radius 1 is 1.40 bits per heavy atom. The van der Waals surface area contributed by atoms with Crippen LogP contribution < -0.4 is 0 Å². The number of hydrogen-bond donors (Lipinski definition) is 1. The molecule has 0 radical (unpaired) electrons. The summed E-state index contributed by atoms with van der Waals surface area (Å²) in [5, 5.41) is 9.79. The van der Waals surface area contributed by atoms with Gasteiger partial charge in [0.1, 0.15) is 0 Å². The molecule has 0 aromatic rings. The molecule has 0 heterocycles. The van der Waals surface area contributed by atoms with Gasteiger partial charge in [-0.2, -0.15) is 0 Å². The fourth-order valence-electron chi connectivity index (χ4n) is 2.30. The van der Waals surface area contributed by atoms with E-state index in [9.17, 15) is 5.11 Å².